The van der Waals surface area contributed by atoms with E-state index in [-0.39, 0.29) is 5.91 Å². The minimum absolute atomic E-state index is 0.0580. The summed E-state index contributed by atoms with van der Waals surface area (Å²) < 4.78 is 2.23. The Morgan fingerprint density at radius 2 is 2.20 bits per heavy atom. The third-order valence-electron chi connectivity index (χ3n) is 4.25. The fourth-order valence-electron chi connectivity index (χ4n) is 2.98. The Balaban J connectivity index is 1.37. The van der Waals surface area contributed by atoms with Crippen molar-refractivity contribution in [3.05, 3.63) is 46.5 Å². The highest BCUT2D eigenvalue weighted by Crippen LogP contribution is 2.16. The van der Waals surface area contributed by atoms with Gasteiger partial charge in [-0.2, -0.15) is 0 Å². The first kappa shape index (κ1) is 18.3. The number of rotatable bonds is 7. The van der Waals surface area contributed by atoms with Crippen LogP contribution in [-0.4, -0.2) is 33.0 Å². The van der Waals surface area contributed by atoms with E-state index in [4.69, 9.17) is 11.6 Å². The summed E-state index contributed by atoms with van der Waals surface area (Å²) in [7, 11) is 0. The molecule has 1 aliphatic heterocycles. The Morgan fingerprint density at radius 3 is 3.08 bits per heavy atom. The van der Waals surface area contributed by atoms with Crippen LogP contribution in [0.15, 0.2) is 24.3 Å². The van der Waals surface area contributed by atoms with Crippen LogP contribution < -0.4 is 5.32 Å². The van der Waals surface area contributed by atoms with Gasteiger partial charge in [0.15, 0.2) is 0 Å². The fourth-order valence-corrected chi connectivity index (χ4v) is 4.00. The number of amides is 1. The van der Waals surface area contributed by atoms with Gasteiger partial charge in [0, 0.05) is 36.7 Å². The molecule has 7 heteroatoms. The lowest BCUT2D eigenvalue weighted by Gasteiger charge is -2.08. The van der Waals surface area contributed by atoms with Crippen molar-refractivity contribution in [2.75, 3.05) is 12.3 Å². The van der Waals surface area contributed by atoms with Gasteiger partial charge in [-0.05, 0) is 30.5 Å². The van der Waals surface area contributed by atoms with Crippen LogP contribution >= 0.6 is 23.4 Å². The monoisotopic (exact) mass is 378 g/mol. The van der Waals surface area contributed by atoms with Crippen LogP contribution in [0.1, 0.15) is 36.5 Å². The minimum Gasteiger partial charge on any atom is -0.355 e. The zero-order valence-electron chi connectivity index (χ0n) is 14.2. The maximum atomic E-state index is 12.0. The largest absolute Gasteiger partial charge is 0.355 e. The molecule has 0 fully saturated rings. The number of aryl methyl sites for hydroxylation is 1. The number of aromatic nitrogens is 3. The molecule has 25 heavy (non-hydrogen) atoms. The zero-order chi connectivity index (χ0) is 17.5. The quantitative estimate of drug-likeness (QED) is 0.803. The van der Waals surface area contributed by atoms with E-state index >= 15 is 0 Å². The van der Waals surface area contributed by atoms with Crippen molar-refractivity contribution < 1.29 is 4.79 Å². The van der Waals surface area contributed by atoms with Crippen molar-refractivity contribution in [3.63, 3.8) is 0 Å². The predicted molar refractivity (Wildman–Crippen MR) is 102 cm³/mol. The van der Waals surface area contributed by atoms with Crippen LogP contribution in [0, 0.1) is 0 Å². The summed E-state index contributed by atoms with van der Waals surface area (Å²) in [6.07, 6.45) is 5.38. The number of carbonyl (C=O) groups is 1. The molecule has 0 saturated heterocycles. The molecule has 1 aromatic heterocycles. The normalized spacial score (nSPS) is 14.0. The standard InChI is InChI=1S/C18H23ClN4OS/c19-15-6-4-5-14(11-15)12-25-13-18(24)20-9-8-17-22-21-16-7-2-1-3-10-23(16)17/h4-6,11H,1-3,7-10,12-13H2,(H,20,24). The molecule has 0 radical (unpaired) electrons. The Labute approximate surface area is 157 Å². The molecule has 1 amide bonds. The average Bonchev–Trinajstić information content (AvgIpc) is 2.82. The molecule has 0 atom stereocenters. The Kier molecular flexibility index (Phi) is 6.76. The summed E-state index contributed by atoms with van der Waals surface area (Å²) >= 11 is 7.56. The van der Waals surface area contributed by atoms with Crippen LogP contribution in [0.5, 0.6) is 0 Å². The number of thioether (sulfide) groups is 1. The molecule has 3 rings (SSSR count). The average molecular weight is 379 g/mol. The van der Waals surface area contributed by atoms with Crippen LogP contribution in [0.4, 0.5) is 0 Å². The number of halogens is 1. The fraction of sp³-hybridized carbons (Fsp3) is 0.500. The smallest absolute Gasteiger partial charge is 0.230 e. The van der Waals surface area contributed by atoms with Gasteiger partial charge in [-0.3, -0.25) is 4.79 Å². The van der Waals surface area contributed by atoms with Crippen LogP contribution in [0.2, 0.25) is 5.02 Å². The van der Waals surface area contributed by atoms with E-state index in [2.05, 4.69) is 20.1 Å². The van der Waals surface area contributed by atoms with Gasteiger partial charge in [0.25, 0.3) is 0 Å². The third-order valence-corrected chi connectivity index (χ3v) is 5.49. The van der Waals surface area contributed by atoms with E-state index in [9.17, 15) is 4.79 Å². The SMILES string of the molecule is O=C(CSCc1cccc(Cl)c1)NCCc1nnc2n1CCCCC2. The van der Waals surface area contributed by atoms with Gasteiger partial charge < -0.3 is 9.88 Å². The van der Waals surface area contributed by atoms with E-state index in [1.807, 2.05) is 24.3 Å². The van der Waals surface area contributed by atoms with E-state index in [0.29, 0.717) is 12.3 Å². The Bertz CT molecular complexity index is 719. The number of hydrogen-bond acceptors (Lipinski definition) is 4. The van der Waals surface area contributed by atoms with E-state index in [0.717, 1.165) is 47.4 Å². The van der Waals surface area contributed by atoms with Crippen molar-refractivity contribution in [1.82, 2.24) is 20.1 Å². The lowest BCUT2D eigenvalue weighted by molar-refractivity contribution is -0.118. The molecule has 1 N–H and O–H groups in total. The van der Waals surface area contributed by atoms with Gasteiger partial charge in [0.05, 0.1) is 5.75 Å². The number of fused-ring (bicyclic) bond motifs is 1. The summed E-state index contributed by atoms with van der Waals surface area (Å²) in [5, 5.41) is 12.3. The molecule has 5 nitrogen and oxygen atoms in total. The van der Waals surface area contributed by atoms with E-state index in [1.165, 1.54) is 19.3 Å². The van der Waals surface area contributed by atoms with Crippen molar-refractivity contribution in [1.29, 1.82) is 0 Å². The number of nitrogens with one attached hydrogen (secondary N) is 1. The molecular weight excluding hydrogens is 356 g/mol. The molecule has 0 aliphatic carbocycles. The number of nitrogens with zero attached hydrogens (tertiary/aromatic N) is 3. The first-order valence-electron chi connectivity index (χ1n) is 8.72. The molecule has 2 aromatic rings. The van der Waals surface area contributed by atoms with Gasteiger partial charge in [0.1, 0.15) is 11.6 Å². The highest BCUT2D eigenvalue weighted by atomic mass is 35.5. The van der Waals surface area contributed by atoms with E-state index in [1.54, 1.807) is 11.8 Å². The van der Waals surface area contributed by atoms with Gasteiger partial charge in [0.2, 0.25) is 5.91 Å². The second-order valence-corrected chi connectivity index (χ2v) is 7.64. The third kappa shape index (κ3) is 5.47. The summed E-state index contributed by atoms with van der Waals surface area (Å²) in [5.74, 6) is 3.37. The van der Waals surface area contributed by atoms with Crippen molar-refractivity contribution >= 4 is 29.3 Å². The lowest BCUT2D eigenvalue weighted by atomic mass is 10.2. The van der Waals surface area contributed by atoms with Crippen LogP contribution in [-0.2, 0) is 29.9 Å². The summed E-state index contributed by atoms with van der Waals surface area (Å²) in [5.41, 5.74) is 1.14. The Hall–Kier alpha value is -1.53. The molecule has 134 valence electrons. The highest BCUT2D eigenvalue weighted by molar-refractivity contribution is 7.99. The summed E-state index contributed by atoms with van der Waals surface area (Å²) in [6, 6.07) is 7.74. The first-order chi connectivity index (χ1) is 12.2. The molecule has 0 bridgehead atoms. The molecule has 0 spiro atoms. The predicted octanol–water partition coefficient (Wildman–Crippen LogP) is 3.25. The summed E-state index contributed by atoms with van der Waals surface area (Å²) in [4.78, 5) is 12.0. The molecule has 1 aliphatic rings. The second-order valence-electron chi connectivity index (χ2n) is 6.22. The highest BCUT2D eigenvalue weighted by Gasteiger charge is 2.14. The van der Waals surface area contributed by atoms with Crippen molar-refractivity contribution in [3.8, 4) is 0 Å². The molecular formula is C18H23ClN4OS. The molecule has 2 heterocycles. The lowest BCUT2D eigenvalue weighted by Crippen LogP contribution is -2.28. The second kappa shape index (κ2) is 9.25. The Morgan fingerprint density at radius 1 is 1.28 bits per heavy atom. The van der Waals surface area contributed by atoms with Crippen molar-refractivity contribution in [2.45, 2.75) is 44.4 Å². The van der Waals surface area contributed by atoms with Gasteiger partial charge in [-0.1, -0.05) is 30.2 Å². The molecule has 0 unspecified atom stereocenters. The molecule has 1 aromatic carbocycles. The van der Waals surface area contributed by atoms with Crippen LogP contribution in [0.25, 0.3) is 0 Å². The minimum atomic E-state index is 0.0580. The number of carbonyl (C=O) groups excluding carboxylic acids is 1. The number of benzene rings is 1. The zero-order valence-corrected chi connectivity index (χ0v) is 15.8. The first-order valence-corrected chi connectivity index (χ1v) is 10.3. The van der Waals surface area contributed by atoms with Gasteiger partial charge >= 0.3 is 0 Å². The van der Waals surface area contributed by atoms with Crippen molar-refractivity contribution in [2.24, 2.45) is 0 Å². The number of hydrogen-bond donors (Lipinski definition) is 1. The van der Waals surface area contributed by atoms with Gasteiger partial charge in [-0.15, -0.1) is 22.0 Å². The van der Waals surface area contributed by atoms with Gasteiger partial charge in [-0.25, -0.2) is 0 Å². The maximum Gasteiger partial charge on any atom is 0.230 e. The topological polar surface area (TPSA) is 59.8 Å². The maximum absolute atomic E-state index is 12.0. The van der Waals surface area contributed by atoms with E-state index < -0.39 is 0 Å². The molecule has 0 saturated carbocycles. The summed E-state index contributed by atoms with van der Waals surface area (Å²) in [6.45, 7) is 1.61. The van der Waals surface area contributed by atoms with Crippen LogP contribution in [0.3, 0.4) is 0 Å².